The molecule has 0 aliphatic rings. The highest BCUT2D eigenvalue weighted by molar-refractivity contribution is 6.06. The van der Waals surface area contributed by atoms with Crippen molar-refractivity contribution in [2.24, 2.45) is 0 Å². The molecule has 1 aromatic heterocycles. The van der Waals surface area contributed by atoms with Gasteiger partial charge in [-0.25, -0.2) is 0 Å². The third-order valence-electron chi connectivity index (χ3n) is 3.30. The Bertz CT molecular complexity index is 952. The van der Waals surface area contributed by atoms with Crippen LogP contribution in [0.15, 0.2) is 47.0 Å². The van der Waals surface area contributed by atoms with E-state index in [-0.39, 0.29) is 22.7 Å². The summed E-state index contributed by atoms with van der Waals surface area (Å²) in [6.07, 6.45) is -4.73. The molecule has 10 heteroatoms. The first-order valence-electron chi connectivity index (χ1n) is 7.09. The van der Waals surface area contributed by atoms with E-state index in [2.05, 4.69) is 20.0 Å². The molecule has 0 atom stereocenters. The van der Waals surface area contributed by atoms with Crippen LogP contribution in [0.1, 0.15) is 16.2 Å². The van der Waals surface area contributed by atoms with Gasteiger partial charge in [-0.15, -0.1) is 0 Å². The first-order chi connectivity index (χ1) is 12.2. The van der Waals surface area contributed by atoms with Crippen molar-refractivity contribution in [3.8, 4) is 22.9 Å². The number of nitrogens with one attached hydrogen (secondary N) is 1. The second kappa shape index (κ2) is 6.39. The number of amides is 1. The molecule has 3 N–H and O–H groups in total. The number of alkyl halides is 3. The van der Waals surface area contributed by atoms with Crippen LogP contribution >= 0.6 is 0 Å². The summed E-state index contributed by atoms with van der Waals surface area (Å²) >= 11 is 0. The second-order valence-electron chi connectivity index (χ2n) is 5.15. The van der Waals surface area contributed by atoms with Crippen LogP contribution in [0.2, 0.25) is 0 Å². The van der Waals surface area contributed by atoms with Crippen LogP contribution in [0.5, 0.6) is 11.5 Å². The summed E-state index contributed by atoms with van der Waals surface area (Å²) in [7, 11) is 0. The predicted octanol–water partition coefficient (Wildman–Crippen LogP) is 3.42. The fourth-order valence-electron chi connectivity index (χ4n) is 2.07. The number of hydrogen-bond acceptors (Lipinski definition) is 6. The number of rotatable bonds is 3. The Morgan fingerprint density at radius 3 is 2.35 bits per heavy atom. The topological polar surface area (TPSA) is 108 Å². The first-order valence-corrected chi connectivity index (χ1v) is 7.09. The molecule has 0 saturated carbocycles. The summed E-state index contributed by atoms with van der Waals surface area (Å²) in [5.41, 5.74) is 0.528. The van der Waals surface area contributed by atoms with Crippen molar-refractivity contribution in [3.63, 3.8) is 0 Å². The molecule has 1 amide bonds. The fourth-order valence-corrected chi connectivity index (χ4v) is 2.07. The lowest BCUT2D eigenvalue weighted by Gasteiger charge is -2.07. The summed E-state index contributed by atoms with van der Waals surface area (Å²) < 4.78 is 41.5. The zero-order valence-electron chi connectivity index (χ0n) is 12.8. The summed E-state index contributed by atoms with van der Waals surface area (Å²) in [6.45, 7) is 0. The van der Waals surface area contributed by atoms with Crippen molar-refractivity contribution in [1.82, 2.24) is 10.1 Å². The highest BCUT2D eigenvalue weighted by atomic mass is 19.4. The standard InChI is InChI=1S/C16H10F3N3O4/c17-16(18,19)15-21-13(22-26-15)8-1-3-9(4-2-8)20-14(25)11-6-5-10(23)7-12(11)24/h1-7,23-24H,(H,20,25). The van der Waals surface area contributed by atoms with Gasteiger partial charge in [-0.3, -0.25) is 4.79 Å². The van der Waals surface area contributed by atoms with Gasteiger partial charge in [0, 0.05) is 17.3 Å². The van der Waals surface area contributed by atoms with Gasteiger partial charge >= 0.3 is 12.1 Å². The first kappa shape index (κ1) is 17.3. The molecule has 26 heavy (non-hydrogen) atoms. The van der Waals surface area contributed by atoms with Crippen molar-refractivity contribution in [2.45, 2.75) is 6.18 Å². The van der Waals surface area contributed by atoms with Crippen LogP contribution < -0.4 is 5.32 Å². The SMILES string of the molecule is O=C(Nc1ccc(-c2noc(C(F)(F)F)n2)cc1)c1ccc(O)cc1O. The van der Waals surface area contributed by atoms with E-state index in [1.54, 1.807) is 0 Å². The monoisotopic (exact) mass is 365 g/mol. The number of nitrogens with zero attached hydrogens (tertiary/aromatic N) is 2. The Hall–Kier alpha value is -3.56. The van der Waals surface area contributed by atoms with E-state index < -0.39 is 23.7 Å². The molecule has 3 aromatic rings. The van der Waals surface area contributed by atoms with Gasteiger partial charge in [0.2, 0.25) is 5.82 Å². The van der Waals surface area contributed by atoms with Gasteiger partial charge in [-0.2, -0.15) is 18.2 Å². The maximum Gasteiger partial charge on any atom is 0.471 e. The molecule has 0 spiro atoms. The number of carbonyl (C=O) groups is 1. The number of hydrogen-bond donors (Lipinski definition) is 3. The van der Waals surface area contributed by atoms with E-state index in [0.717, 1.165) is 6.07 Å². The molecule has 134 valence electrons. The zero-order chi connectivity index (χ0) is 18.9. The summed E-state index contributed by atoms with van der Waals surface area (Å²) in [5.74, 6) is -2.92. The second-order valence-corrected chi connectivity index (χ2v) is 5.15. The van der Waals surface area contributed by atoms with Crippen molar-refractivity contribution in [3.05, 3.63) is 53.9 Å². The van der Waals surface area contributed by atoms with Gasteiger partial charge in [0.1, 0.15) is 11.5 Å². The van der Waals surface area contributed by atoms with Crippen molar-refractivity contribution >= 4 is 11.6 Å². The number of carbonyl (C=O) groups excluding carboxylic acids is 1. The fraction of sp³-hybridized carbons (Fsp3) is 0.0625. The van der Waals surface area contributed by atoms with E-state index in [1.807, 2.05) is 0 Å². The molecular formula is C16H10F3N3O4. The highest BCUT2D eigenvalue weighted by Gasteiger charge is 2.38. The number of benzene rings is 2. The zero-order valence-corrected chi connectivity index (χ0v) is 12.8. The highest BCUT2D eigenvalue weighted by Crippen LogP contribution is 2.30. The van der Waals surface area contributed by atoms with Crippen molar-refractivity contribution in [1.29, 1.82) is 0 Å². The van der Waals surface area contributed by atoms with Gasteiger partial charge in [-0.1, -0.05) is 5.16 Å². The quantitative estimate of drug-likeness (QED) is 0.656. The Labute approximate surface area is 143 Å². The molecule has 0 saturated heterocycles. The Kier molecular flexibility index (Phi) is 4.24. The maximum absolute atomic E-state index is 12.5. The molecule has 0 fully saturated rings. The third-order valence-corrected chi connectivity index (χ3v) is 3.30. The average molecular weight is 365 g/mol. The number of phenolic OH excluding ortho intramolecular Hbond substituents is 2. The molecule has 1 heterocycles. The molecule has 0 aliphatic carbocycles. The van der Waals surface area contributed by atoms with Crippen LogP contribution in [-0.4, -0.2) is 26.3 Å². The lowest BCUT2D eigenvalue weighted by atomic mass is 10.1. The van der Waals surface area contributed by atoms with Crippen LogP contribution in [-0.2, 0) is 6.18 Å². The minimum absolute atomic E-state index is 0.0557. The number of phenols is 2. The normalized spacial score (nSPS) is 11.3. The van der Waals surface area contributed by atoms with Gasteiger partial charge < -0.3 is 20.1 Å². The van der Waals surface area contributed by atoms with E-state index in [0.29, 0.717) is 5.69 Å². The average Bonchev–Trinajstić information content (AvgIpc) is 3.05. The Morgan fingerprint density at radius 2 is 1.77 bits per heavy atom. The number of anilines is 1. The molecule has 2 aromatic carbocycles. The molecular weight excluding hydrogens is 355 g/mol. The Balaban J connectivity index is 1.75. The predicted molar refractivity (Wildman–Crippen MR) is 82.5 cm³/mol. The van der Waals surface area contributed by atoms with Crippen molar-refractivity contribution < 1.29 is 32.7 Å². The van der Waals surface area contributed by atoms with E-state index in [1.165, 1.54) is 36.4 Å². The van der Waals surface area contributed by atoms with E-state index in [4.69, 9.17) is 0 Å². The van der Waals surface area contributed by atoms with Gasteiger partial charge in [-0.05, 0) is 36.4 Å². The lowest BCUT2D eigenvalue weighted by Crippen LogP contribution is -2.11. The van der Waals surface area contributed by atoms with Crippen molar-refractivity contribution in [2.75, 3.05) is 5.32 Å². The van der Waals surface area contributed by atoms with Crippen LogP contribution in [0, 0.1) is 0 Å². The largest absolute Gasteiger partial charge is 0.508 e. The van der Waals surface area contributed by atoms with Crippen LogP contribution in [0.4, 0.5) is 18.9 Å². The molecule has 3 rings (SSSR count). The van der Waals surface area contributed by atoms with Gasteiger partial charge in [0.15, 0.2) is 0 Å². The summed E-state index contributed by atoms with van der Waals surface area (Å²) in [4.78, 5) is 15.4. The van der Waals surface area contributed by atoms with Gasteiger partial charge in [0.25, 0.3) is 5.91 Å². The van der Waals surface area contributed by atoms with Crippen LogP contribution in [0.25, 0.3) is 11.4 Å². The maximum atomic E-state index is 12.5. The Morgan fingerprint density at radius 1 is 1.08 bits per heavy atom. The van der Waals surface area contributed by atoms with E-state index in [9.17, 15) is 28.2 Å². The molecule has 0 unspecified atom stereocenters. The molecule has 0 bridgehead atoms. The summed E-state index contributed by atoms with van der Waals surface area (Å²) in [5, 5.41) is 24.6. The summed E-state index contributed by atoms with van der Waals surface area (Å²) in [6, 6.07) is 9.16. The van der Waals surface area contributed by atoms with E-state index >= 15 is 0 Å². The minimum Gasteiger partial charge on any atom is -0.508 e. The third kappa shape index (κ3) is 3.58. The lowest BCUT2D eigenvalue weighted by molar-refractivity contribution is -0.159. The minimum atomic E-state index is -4.73. The molecule has 0 aliphatic heterocycles. The number of aromatic hydroxyl groups is 2. The number of halogens is 3. The smallest absolute Gasteiger partial charge is 0.471 e. The molecule has 0 radical (unpaired) electrons. The van der Waals surface area contributed by atoms with Gasteiger partial charge in [0.05, 0.1) is 5.56 Å². The van der Waals surface area contributed by atoms with Crippen LogP contribution in [0.3, 0.4) is 0 Å². The number of aromatic nitrogens is 2. The molecule has 7 nitrogen and oxygen atoms in total.